The third kappa shape index (κ3) is 9.83. The lowest BCUT2D eigenvalue weighted by atomic mass is 9.86. The highest BCUT2D eigenvalue weighted by molar-refractivity contribution is 7.90. The van der Waals surface area contributed by atoms with Gasteiger partial charge in [-0.05, 0) is 68.7 Å². The first kappa shape index (κ1) is 48.2. The second-order valence-electron chi connectivity index (χ2n) is 19.3. The molecule has 2 fully saturated rings. The number of sulfonamides is 1. The molecule has 0 spiro atoms. The molecule has 0 radical (unpaired) electrons. The van der Waals surface area contributed by atoms with Crippen molar-refractivity contribution in [3.8, 4) is 22.9 Å². The zero-order chi connectivity index (χ0) is 48.7. The van der Waals surface area contributed by atoms with Crippen molar-refractivity contribution in [1.82, 2.24) is 35.1 Å². The van der Waals surface area contributed by atoms with Crippen LogP contribution in [0.4, 0.5) is 9.93 Å². The third-order valence-corrected chi connectivity index (χ3v) is 15.5. The van der Waals surface area contributed by atoms with Gasteiger partial charge in [0.05, 0.1) is 36.3 Å². The van der Waals surface area contributed by atoms with E-state index in [1.54, 1.807) is 64.3 Å². The van der Waals surface area contributed by atoms with Crippen molar-refractivity contribution in [2.45, 2.75) is 127 Å². The number of hydrogen-bond acceptors (Lipinski definition) is 13. The predicted octanol–water partition coefficient (Wildman–Crippen LogP) is 5.83. The predicted molar refractivity (Wildman–Crippen MR) is 254 cm³/mol. The minimum Gasteiger partial charge on any atom is -0.497 e. The zero-order valence-electron chi connectivity index (χ0n) is 38.9. The van der Waals surface area contributed by atoms with Crippen LogP contribution in [0, 0.1) is 11.3 Å². The second kappa shape index (κ2) is 19.0. The Morgan fingerprint density at radius 2 is 1.81 bits per heavy atom. The maximum absolute atomic E-state index is 15.0. The molecule has 5 N–H and O–H groups in total. The van der Waals surface area contributed by atoms with Gasteiger partial charge in [0.1, 0.15) is 47.0 Å². The van der Waals surface area contributed by atoms with Crippen LogP contribution >= 0.6 is 11.3 Å². The summed E-state index contributed by atoms with van der Waals surface area (Å²) in [5.74, 6) is -2.76. The molecule has 4 aliphatic rings. The largest absolute Gasteiger partial charge is 0.497 e. The smallest absolute Gasteiger partial charge is 0.330 e. The van der Waals surface area contributed by atoms with Crippen LogP contribution in [0.5, 0.6) is 11.5 Å². The van der Waals surface area contributed by atoms with Crippen LogP contribution in [0.25, 0.3) is 22.3 Å². The molecule has 5 heterocycles. The number of allylic oxidation sites excluding steroid dienone is 1. The first-order valence-corrected chi connectivity index (χ1v) is 25.2. The number of thiazole rings is 1. The van der Waals surface area contributed by atoms with Gasteiger partial charge in [0.25, 0.3) is 15.9 Å². The van der Waals surface area contributed by atoms with Crippen LogP contribution in [0.1, 0.15) is 85.1 Å². The topological polar surface area (TPSA) is 239 Å². The molecular weight excluding hydrogens is 913 g/mol. The standard InChI is InChI=1S/C48H58N8O10S2/c1-27(2)49-46-52-36(26-67-46)35-22-38(32-19-18-30(65-6)20-34(32)50-35)66-31-21-37-41(57)54-48(44(60)61)23-29(48)15-10-8-7-9-11-16-33(42(58)55(37)25-31)51-45(62)53-40(47(3,4)5)43(59)56-24-28-14-12-13-17-39(28)68(56,63)64/h10,12-15,17-20,22,26-27,29,31,33,37,40H,7-9,11,16,21,23-25H2,1-6H3,(H,49,52)(H,54,57)(H,60,61)(H2,51,53,62)/b15-10-/t29?,31-,33+,37+,40-,48-/m1/s1. The lowest BCUT2D eigenvalue weighted by molar-refractivity contribution is -0.145. The van der Waals surface area contributed by atoms with Crippen LogP contribution in [0.15, 0.2) is 71.0 Å². The molecule has 20 heteroatoms. The summed E-state index contributed by atoms with van der Waals surface area (Å²) in [4.78, 5) is 81.5. The summed E-state index contributed by atoms with van der Waals surface area (Å²) in [6.07, 6.45) is 5.84. The van der Waals surface area contributed by atoms with E-state index in [2.05, 4.69) is 21.3 Å². The van der Waals surface area contributed by atoms with Crippen LogP contribution in [0.3, 0.4) is 0 Å². The van der Waals surface area contributed by atoms with Gasteiger partial charge in [-0.3, -0.25) is 14.4 Å². The normalized spacial score (nSPS) is 24.6. The molecule has 1 aliphatic carbocycles. The Labute approximate surface area is 399 Å². The highest BCUT2D eigenvalue weighted by Crippen LogP contribution is 2.46. The van der Waals surface area contributed by atoms with E-state index in [-0.39, 0.29) is 43.3 Å². The number of carbonyl (C=O) groups excluding carboxylic acids is 4. The second-order valence-corrected chi connectivity index (χ2v) is 22.0. The molecule has 4 aromatic rings. The lowest BCUT2D eigenvalue weighted by Crippen LogP contribution is -2.60. The summed E-state index contributed by atoms with van der Waals surface area (Å²) in [6, 6.07) is 8.97. The quantitative estimate of drug-likeness (QED) is 0.118. The van der Waals surface area contributed by atoms with Crippen molar-refractivity contribution in [2.75, 3.05) is 19.0 Å². The van der Waals surface area contributed by atoms with Gasteiger partial charge in [-0.25, -0.2) is 32.3 Å². The number of hydrogen-bond donors (Lipinski definition) is 5. The van der Waals surface area contributed by atoms with E-state index in [0.717, 1.165) is 10.7 Å². The van der Waals surface area contributed by atoms with Gasteiger partial charge in [0.15, 0.2) is 5.13 Å². The number of aliphatic carboxylic acids is 1. The van der Waals surface area contributed by atoms with E-state index >= 15 is 4.79 Å². The van der Waals surface area contributed by atoms with Crippen LogP contribution in [0.2, 0.25) is 0 Å². The van der Waals surface area contributed by atoms with E-state index < -0.39 is 80.8 Å². The number of nitrogens with zero attached hydrogens (tertiary/aromatic N) is 4. The lowest BCUT2D eigenvalue weighted by Gasteiger charge is -2.34. The molecule has 6 atom stereocenters. The summed E-state index contributed by atoms with van der Waals surface area (Å²) in [5.41, 5.74) is -0.405. The third-order valence-electron chi connectivity index (χ3n) is 12.9. The molecule has 362 valence electrons. The Bertz CT molecular complexity index is 2770. The van der Waals surface area contributed by atoms with Crippen LogP contribution < -0.4 is 30.7 Å². The summed E-state index contributed by atoms with van der Waals surface area (Å²) in [6.45, 7) is 8.81. The molecule has 2 aromatic carbocycles. The average molecular weight is 971 g/mol. The van der Waals surface area contributed by atoms with Crippen molar-refractivity contribution >= 4 is 67.1 Å². The minimum absolute atomic E-state index is 0.0189. The molecular formula is C48H58N8O10S2. The van der Waals surface area contributed by atoms with Crippen molar-refractivity contribution in [2.24, 2.45) is 11.3 Å². The summed E-state index contributed by atoms with van der Waals surface area (Å²) in [7, 11) is -2.64. The number of amides is 5. The Hall–Kier alpha value is -6.28. The maximum Gasteiger partial charge on any atom is 0.330 e. The average Bonchev–Trinajstić information content (AvgIpc) is 3.53. The minimum atomic E-state index is -4.20. The number of carboxylic acids is 1. The molecule has 68 heavy (non-hydrogen) atoms. The van der Waals surface area contributed by atoms with Crippen molar-refractivity contribution in [3.63, 3.8) is 0 Å². The van der Waals surface area contributed by atoms with Crippen LogP contribution in [-0.2, 0) is 35.7 Å². The molecule has 3 aliphatic heterocycles. The molecule has 1 unspecified atom stereocenters. The van der Waals surface area contributed by atoms with E-state index in [9.17, 15) is 32.7 Å². The van der Waals surface area contributed by atoms with E-state index in [1.807, 2.05) is 37.4 Å². The van der Waals surface area contributed by atoms with Gasteiger partial charge in [-0.2, -0.15) is 0 Å². The first-order chi connectivity index (χ1) is 32.3. The number of urea groups is 1. The fourth-order valence-electron chi connectivity index (χ4n) is 9.13. The van der Waals surface area contributed by atoms with Gasteiger partial charge in [-0.1, -0.05) is 64.0 Å². The number of rotatable bonds is 10. The van der Waals surface area contributed by atoms with E-state index in [4.69, 9.17) is 19.4 Å². The molecule has 1 saturated heterocycles. The molecule has 18 nitrogen and oxygen atoms in total. The number of nitrogens with one attached hydrogen (secondary N) is 4. The van der Waals surface area contributed by atoms with Gasteiger partial charge >= 0.3 is 12.0 Å². The first-order valence-electron chi connectivity index (χ1n) is 22.9. The number of benzene rings is 2. The summed E-state index contributed by atoms with van der Waals surface area (Å²) >= 11 is 1.43. The zero-order valence-corrected chi connectivity index (χ0v) is 40.5. The Kier molecular flexibility index (Phi) is 13.5. The SMILES string of the molecule is COc1ccc2c(O[C@@H]3C[C@H]4C(=O)N[C@]5(C(=O)O)CC5/C=C\CCCCC[C@H](NC(=O)N[C@H](C(=O)N5Cc6ccccc6S5(=O)=O)C(C)(C)C)C(=O)N4C3)cc(-c3csc(NC(C)C)n3)nc2c1. The van der Waals surface area contributed by atoms with Gasteiger partial charge < -0.3 is 40.7 Å². The fourth-order valence-corrected chi connectivity index (χ4v) is 11.6. The fraction of sp³-hybridized carbons (Fsp3) is 0.479. The number of carbonyl (C=O) groups is 5. The van der Waals surface area contributed by atoms with Crippen molar-refractivity contribution < 1.29 is 47.0 Å². The summed E-state index contributed by atoms with van der Waals surface area (Å²) < 4.78 is 40.1. The highest BCUT2D eigenvalue weighted by Gasteiger charge is 2.61. The number of ether oxygens (including phenoxy) is 2. The van der Waals surface area contributed by atoms with Crippen molar-refractivity contribution in [3.05, 3.63) is 71.6 Å². The Balaban J connectivity index is 1.09. The molecule has 8 rings (SSSR count). The number of aromatic nitrogens is 2. The van der Waals surface area contributed by atoms with E-state index in [0.29, 0.717) is 63.7 Å². The summed E-state index contributed by atoms with van der Waals surface area (Å²) in [5, 5.41) is 25.2. The molecule has 0 bridgehead atoms. The number of pyridine rings is 1. The maximum atomic E-state index is 15.0. The number of fused-ring (bicyclic) bond motifs is 4. The molecule has 2 aromatic heterocycles. The van der Waals surface area contributed by atoms with Crippen LogP contribution in [-0.4, -0.2) is 112 Å². The van der Waals surface area contributed by atoms with Gasteiger partial charge in [0.2, 0.25) is 11.8 Å². The monoisotopic (exact) mass is 970 g/mol. The highest BCUT2D eigenvalue weighted by atomic mass is 32.2. The molecule has 5 amide bonds. The van der Waals surface area contributed by atoms with Gasteiger partial charge in [0, 0.05) is 41.3 Å². The molecule has 1 saturated carbocycles. The van der Waals surface area contributed by atoms with Crippen molar-refractivity contribution in [1.29, 1.82) is 0 Å². The van der Waals surface area contributed by atoms with E-state index in [1.165, 1.54) is 22.3 Å². The number of methoxy groups -OCH3 is 1. The Morgan fingerprint density at radius 1 is 1.03 bits per heavy atom. The Morgan fingerprint density at radius 3 is 2.53 bits per heavy atom. The number of anilines is 1. The van der Waals surface area contributed by atoms with Gasteiger partial charge in [-0.15, -0.1) is 11.3 Å². The number of carboxylic acid groups (broad SMARTS) is 1.